The van der Waals surface area contributed by atoms with Gasteiger partial charge in [0.15, 0.2) is 6.61 Å². The van der Waals surface area contributed by atoms with E-state index >= 15 is 0 Å². The third-order valence-corrected chi connectivity index (χ3v) is 2.47. The summed E-state index contributed by atoms with van der Waals surface area (Å²) in [7, 11) is 0. The Bertz CT molecular complexity index is 420. The number of carbonyl (C=O) groups is 1. The van der Waals surface area contributed by atoms with Crippen LogP contribution in [-0.4, -0.2) is 18.6 Å². The maximum atomic E-state index is 11.6. The lowest BCUT2D eigenvalue weighted by atomic mass is 10.1. The maximum absolute atomic E-state index is 11.6. The Hall–Kier alpha value is -2.15. The molecule has 0 bridgehead atoms. The number of nitrogen functional groups attached to an aromatic ring is 1. The van der Waals surface area contributed by atoms with Crippen molar-refractivity contribution >= 4 is 11.6 Å². The molecule has 0 aliphatic carbocycles. The molecular formula is C14H18N2O2. The van der Waals surface area contributed by atoms with Gasteiger partial charge in [0.1, 0.15) is 5.75 Å². The highest BCUT2D eigenvalue weighted by molar-refractivity contribution is 5.77. The standard InChI is InChI=1S/C14H18N2O2/c1-3-5-12(4-2)16-14(17)10-18-13-8-6-11(15)7-9-13/h1,6-9,12H,4-5,10,15H2,2H3,(H,16,17). The highest BCUT2D eigenvalue weighted by Gasteiger charge is 2.09. The monoisotopic (exact) mass is 246 g/mol. The van der Waals surface area contributed by atoms with Crippen LogP contribution in [0.15, 0.2) is 24.3 Å². The van der Waals surface area contributed by atoms with E-state index in [1.807, 2.05) is 6.92 Å². The van der Waals surface area contributed by atoms with Crippen molar-refractivity contribution in [2.45, 2.75) is 25.8 Å². The highest BCUT2D eigenvalue weighted by Crippen LogP contribution is 2.12. The zero-order valence-electron chi connectivity index (χ0n) is 10.5. The number of hydrogen-bond acceptors (Lipinski definition) is 3. The van der Waals surface area contributed by atoms with Crippen molar-refractivity contribution in [1.82, 2.24) is 5.32 Å². The van der Waals surface area contributed by atoms with E-state index in [0.29, 0.717) is 17.9 Å². The summed E-state index contributed by atoms with van der Waals surface area (Å²) in [4.78, 5) is 11.6. The number of amides is 1. The molecule has 1 unspecified atom stereocenters. The molecule has 0 saturated heterocycles. The van der Waals surface area contributed by atoms with Gasteiger partial charge in [-0.1, -0.05) is 6.92 Å². The topological polar surface area (TPSA) is 64.3 Å². The quantitative estimate of drug-likeness (QED) is 0.591. The third-order valence-electron chi connectivity index (χ3n) is 2.47. The first kappa shape index (κ1) is 13.9. The average molecular weight is 246 g/mol. The van der Waals surface area contributed by atoms with E-state index in [-0.39, 0.29) is 18.6 Å². The van der Waals surface area contributed by atoms with Crippen molar-refractivity contribution in [3.05, 3.63) is 24.3 Å². The molecule has 0 radical (unpaired) electrons. The van der Waals surface area contributed by atoms with E-state index in [9.17, 15) is 4.79 Å². The molecule has 1 rings (SSSR count). The van der Waals surface area contributed by atoms with Crippen molar-refractivity contribution in [1.29, 1.82) is 0 Å². The molecule has 0 saturated carbocycles. The third kappa shape index (κ3) is 4.79. The molecule has 0 aromatic heterocycles. The van der Waals surface area contributed by atoms with Gasteiger partial charge in [-0.2, -0.15) is 0 Å². The van der Waals surface area contributed by atoms with Crippen LogP contribution in [0.3, 0.4) is 0 Å². The molecule has 0 heterocycles. The van der Waals surface area contributed by atoms with Gasteiger partial charge in [0.2, 0.25) is 0 Å². The van der Waals surface area contributed by atoms with Gasteiger partial charge in [0.05, 0.1) is 0 Å². The number of benzene rings is 1. The second-order valence-corrected chi connectivity index (χ2v) is 3.94. The summed E-state index contributed by atoms with van der Waals surface area (Å²) in [6, 6.07) is 6.90. The molecule has 4 nitrogen and oxygen atoms in total. The molecule has 0 aliphatic heterocycles. The molecule has 1 atom stereocenters. The molecule has 1 amide bonds. The fourth-order valence-electron chi connectivity index (χ4n) is 1.42. The van der Waals surface area contributed by atoms with E-state index in [4.69, 9.17) is 16.9 Å². The molecule has 18 heavy (non-hydrogen) atoms. The first-order chi connectivity index (χ1) is 8.65. The van der Waals surface area contributed by atoms with Crippen LogP contribution in [0.4, 0.5) is 5.69 Å². The van der Waals surface area contributed by atoms with Crippen LogP contribution >= 0.6 is 0 Å². The largest absolute Gasteiger partial charge is 0.484 e. The number of nitrogens with two attached hydrogens (primary N) is 1. The normalized spacial score (nSPS) is 11.3. The lowest BCUT2D eigenvalue weighted by molar-refractivity contribution is -0.123. The minimum Gasteiger partial charge on any atom is -0.484 e. The number of terminal acetylenes is 1. The Balaban J connectivity index is 2.37. The van der Waals surface area contributed by atoms with Crippen LogP contribution < -0.4 is 15.8 Å². The molecule has 0 spiro atoms. The maximum Gasteiger partial charge on any atom is 0.258 e. The van der Waals surface area contributed by atoms with Gasteiger partial charge >= 0.3 is 0 Å². The fourth-order valence-corrected chi connectivity index (χ4v) is 1.42. The predicted molar refractivity (Wildman–Crippen MR) is 72.0 cm³/mol. The van der Waals surface area contributed by atoms with Crippen molar-refractivity contribution in [3.63, 3.8) is 0 Å². The van der Waals surface area contributed by atoms with Gasteiger partial charge in [0, 0.05) is 18.2 Å². The minimum atomic E-state index is -0.172. The lowest BCUT2D eigenvalue weighted by Gasteiger charge is -2.14. The Morgan fingerprint density at radius 3 is 2.72 bits per heavy atom. The van der Waals surface area contributed by atoms with Gasteiger partial charge in [-0.3, -0.25) is 4.79 Å². The Labute approximate surface area is 108 Å². The van der Waals surface area contributed by atoms with Crippen LogP contribution in [0.25, 0.3) is 0 Å². The van der Waals surface area contributed by atoms with E-state index in [1.54, 1.807) is 24.3 Å². The van der Waals surface area contributed by atoms with Crippen molar-refractivity contribution in [2.24, 2.45) is 0 Å². The summed E-state index contributed by atoms with van der Waals surface area (Å²) in [5, 5.41) is 2.82. The van der Waals surface area contributed by atoms with Crippen LogP contribution in [-0.2, 0) is 4.79 Å². The van der Waals surface area contributed by atoms with E-state index in [1.165, 1.54) is 0 Å². The number of ether oxygens (including phenoxy) is 1. The second kappa shape index (κ2) is 7.23. The second-order valence-electron chi connectivity index (χ2n) is 3.94. The zero-order valence-corrected chi connectivity index (χ0v) is 10.5. The van der Waals surface area contributed by atoms with Crippen LogP contribution in [0.1, 0.15) is 19.8 Å². The zero-order chi connectivity index (χ0) is 13.4. The molecule has 4 heteroatoms. The van der Waals surface area contributed by atoms with E-state index in [2.05, 4.69) is 11.2 Å². The summed E-state index contributed by atoms with van der Waals surface area (Å²) in [5.74, 6) is 2.98. The number of nitrogens with one attached hydrogen (secondary N) is 1. The van der Waals surface area contributed by atoms with Gasteiger partial charge in [-0.15, -0.1) is 12.3 Å². The number of rotatable bonds is 6. The average Bonchev–Trinajstić information content (AvgIpc) is 2.37. The summed E-state index contributed by atoms with van der Waals surface area (Å²) >= 11 is 0. The lowest BCUT2D eigenvalue weighted by Crippen LogP contribution is -2.37. The number of hydrogen-bond donors (Lipinski definition) is 2. The number of anilines is 1. The summed E-state index contributed by atoms with van der Waals surface area (Å²) in [6.07, 6.45) is 6.55. The van der Waals surface area contributed by atoms with Crippen molar-refractivity contribution in [2.75, 3.05) is 12.3 Å². The fraction of sp³-hybridized carbons (Fsp3) is 0.357. The van der Waals surface area contributed by atoms with E-state index in [0.717, 1.165) is 6.42 Å². The van der Waals surface area contributed by atoms with Crippen molar-refractivity contribution < 1.29 is 9.53 Å². The molecular weight excluding hydrogens is 228 g/mol. The van der Waals surface area contributed by atoms with Gasteiger partial charge < -0.3 is 15.8 Å². The molecule has 1 aromatic rings. The highest BCUT2D eigenvalue weighted by atomic mass is 16.5. The molecule has 0 aliphatic rings. The number of carbonyl (C=O) groups excluding carboxylic acids is 1. The first-order valence-corrected chi connectivity index (χ1v) is 5.87. The van der Waals surface area contributed by atoms with Gasteiger partial charge in [-0.05, 0) is 30.7 Å². The molecule has 0 fully saturated rings. The summed E-state index contributed by atoms with van der Waals surface area (Å²) in [5.41, 5.74) is 6.21. The van der Waals surface area contributed by atoms with Gasteiger partial charge in [-0.25, -0.2) is 0 Å². The van der Waals surface area contributed by atoms with E-state index < -0.39 is 0 Å². The summed E-state index contributed by atoms with van der Waals surface area (Å²) < 4.78 is 5.33. The predicted octanol–water partition coefficient (Wildman–Crippen LogP) is 1.57. The Morgan fingerprint density at radius 2 is 2.17 bits per heavy atom. The smallest absolute Gasteiger partial charge is 0.258 e. The molecule has 1 aromatic carbocycles. The summed E-state index contributed by atoms with van der Waals surface area (Å²) in [6.45, 7) is 1.95. The van der Waals surface area contributed by atoms with Crippen molar-refractivity contribution in [3.8, 4) is 18.1 Å². The van der Waals surface area contributed by atoms with Crippen LogP contribution in [0.2, 0.25) is 0 Å². The van der Waals surface area contributed by atoms with Gasteiger partial charge in [0.25, 0.3) is 5.91 Å². The Morgan fingerprint density at radius 1 is 1.50 bits per heavy atom. The molecule has 96 valence electrons. The first-order valence-electron chi connectivity index (χ1n) is 5.87. The minimum absolute atomic E-state index is 0.0116. The molecule has 3 N–H and O–H groups in total. The Kier molecular flexibility index (Phi) is 5.59. The van der Waals surface area contributed by atoms with Crippen LogP contribution in [0.5, 0.6) is 5.75 Å². The van der Waals surface area contributed by atoms with Crippen LogP contribution in [0, 0.1) is 12.3 Å². The SMILES string of the molecule is C#CCC(CC)NC(=O)COc1ccc(N)cc1.